The minimum atomic E-state index is -3.37. The summed E-state index contributed by atoms with van der Waals surface area (Å²) in [6, 6.07) is 9.02. The van der Waals surface area contributed by atoms with E-state index in [1.54, 1.807) is 29.6 Å². The molecule has 6 unspecified atom stereocenters. The van der Waals surface area contributed by atoms with E-state index >= 15 is 4.39 Å². The molecule has 6 atom stereocenters. The van der Waals surface area contributed by atoms with Gasteiger partial charge in [-0.05, 0) is 61.4 Å². The number of amides is 1. The number of halogens is 2. The van der Waals surface area contributed by atoms with Crippen LogP contribution in [0.5, 0.6) is 0 Å². The van der Waals surface area contributed by atoms with E-state index in [2.05, 4.69) is 10.6 Å². The van der Waals surface area contributed by atoms with E-state index in [0.717, 1.165) is 6.42 Å². The SMILES string of the molecule is COC(C(C)C)C(c1ccc(F)cc1)C(N)C(=O)Nc1cccc(F)c1CCC1CNC2CCCS(=O)(=O)N1C2. The lowest BCUT2D eigenvalue weighted by molar-refractivity contribution is -0.119. The van der Waals surface area contributed by atoms with Crippen LogP contribution in [0.25, 0.3) is 0 Å². The minimum absolute atomic E-state index is 0.00241. The maximum Gasteiger partial charge on any atom is 0.242 e. The molecule has 11 heteroatoms. The average molecular weight is 579 g/mol. The smallest absolute Gasteiger partial charge is 0.242 e. The first-order valence-corrected chi connectivity index (χ1v) is 15.5. The number of benzene rings is 2. The van der Waals surface area contributed by atoms with E-state index in [0.29, 0.717) is 37.1 Å². The molecule has 8 nitrogen and oxygen atoms in total. The number of rotatable bonds is 10. The van der Waals surface area contributed by atoms with Crippen LogP contribution in [-0.2, 0) is 26.0 Å². The Morgan fingerprint density at radius 1 is 1.20 bits per heavy atom. The zero-order chi connectivity index (χ0) is 29.0. The third-order valence-electron chi connectivity index (χ3n) is 8.09. The van der Waals surface area contributed by atoms with Crippen LogP contribution in [0.4, 0.5) is 14.5 Å². The van der Waals surface area contributed by atoms with E-state index in [4.69, 9.17) is 10.5 Å². The zero-order valence-electron chi connectivity index (χ0n) is 23.3. The Morgan fingerprint density at radius 3 is 2.60 bits per heavy atom. The Balaban J connectivity index is 1.53. The monoisotopic (exact) mass is 578 g/mol. The van der Waals surface area contributed by atoms with Gasteiger partial charge in [0.15, 0.2) is 0 Å². The molecule has 0 aromatic heterocycles. The second-order valence-electron chi connectivity index (χ2n) is 11.1. The lowest BCUT2D eigenvalue weighted by atomic mass is 9.81. The molecule has 4 N–H and O–H groups in total. The topological polar surface area (TPSA) is 114 Å². The summed E-state index contributed by atoms with van der Waals surface area (Å²) in [5, 5.41) is 6.23. The summed E-state index contributed by atoms with van der Waals surface area (Å²) < 4.78 is 61.7. The van der Waals surface area contributed by atoms with Crippen LogP contribution in [0.3, 0.4) is 0 Å². The van der Waals surface area contributed by atoms with Gasteiger partial charge in [0, 0.05) is 49.5 Å². The highest BCUT2D eigenvalue weighted by molar-refractivity contribution is 7.89. The fourth-order valence-corrected chi connectivity index (χ4v) is 7.79. The molecule has 220 valence electrons. The van der Waals surface area contributed by atoms with Crippen molar-refractivity contribution in [3.05, 3.63) is 65.2 Å². The summed E-state index contributed by atoms with van der Waals surface area (Å²) in [5.41, 5.74) is 7.75. The summed E-state index contributed by atoms with van der Waals surface area (Å²) in [4.78, 5) is 13.5. The van der Waals surface area contributed by atoms with Crippen molar-refractivity contribution in [3.8, 4) is 0 Å². The number of carbonyl (C=O) groups excluding carboxylic acids is 1. The van der Waals surface area contributed by atoms with Crippen molar-refractivity contribution in [2.45, 2.75) is 69.7 Å². The van der Waals surface area contributed by atoms with Crippen LogP contribution < -0.4 is 16.4 Å². The number of nitrogens with two attached hydrogens (primary N) is 1. The van der Waals surface area contributed by atoms with Crippen molar-refractivity contribution in [2.75, 3.05) is 31.3 Å². The summed E-state index contributed by atoms with van der Waals surface area (Å²) >= 11 is 0. The number of piperazine rings is 1. The largest absolute Gasteiger partial charge is 0.380 e. The van der Waals surface area contributed by atoms with E-state index in [9.17, 15) is 17.6 Å². The standard InChI is InChI=1S/C29H40F2N4O4S/c1-18(2)28(39-3)26(19-9-11-20(30)12-10-19)27(32)29(36)34-25-8-4-7-24(31)23(25)14-13-22-16-33-21-6-5-15-40(37,38)35(22)17-21/h4,7-12,18,21-22,26-28,33H,5-6,13-17,32H2,1-3H3,(H,34,36). The van der Waals surface area contributed by atoms with Crippen molar-refractivity contribution in [1.82, 2.24) is 9.62 Å². The van der Waals surface area contributed by atoms with Crippen LogP contribution in [0, 0.1) is 17.6 Å². The number of carbonyl (C=O) groups is 1. The van der Waals surface area contributed by atoms with Crippen molar-refractivity contribution in [1.29, 1.82) is 0 Å². The predicted octanol–water partition coefficient (Wildman–Crippen LogP) is 3.38. The number of hydrogen-bond acceptors (Lipinski definition) is 6. The van der Waals surface area contributed by atoms with Crippen LogP contribution >= 0.6 is 0 Å². The second kappa shape index (κ2) is 13.0. The molecule has 2 aromatic rings. The Morgan fingerprint density at radius 2 is 1.93 bits per heavy atom. The van der Waals surface area contributed by atoms with Crippen LogP contribution in [0.1, 0.15) is 50.2 Å². The fourth-order valence-electron chi connectivity index (χ4n) is 5.98. The molecule has 0 saturated carbocycles. The number of ether oxygens (including phenoxy) is 1. The van der Waals surface area contributed by atoms with Gasteiger partial charge in [-0.25, -0.2) is 17.2 Å². The fraction of sp³-hybridized carbons (Fsp3) is 0.552. The number of fused-ring (bicyclic) bond motifs is 2. The lowest BCUT2D eigenvalue weighted by Gasteiger charge is -2.37. The summed E-state index contributed by atoms with van der Waals surface area (Å²) in [5.74, 6) is -1.88. The first kappa shape index (κ1) is 30.5. The molecule has 2 heterocycles. The van der Waals surface area contributed by atoms with Crippen LogP contribution in [-0.4, -0.2) is 68.8 Å². The quantitative estimate of drug-likeness (QED) is 0.399. The molecule has 2 saturated heterocycles. The Hall–Kier alpha value is -2.44. The van der Waals surface area contributed by atoms with Crippen LogP contribution in [0.2, 0.25) is 0 Å². The Labute approximate surface area is 235 Å². The number of sulfonamides is 1. The minimum Gasteiger partial charge on any atom is -0.380 e. The third kappa shape index (κ3) is 6.88. The molecule has 2 bridgehead atoms. The van der Waals surface area contributed by atoms with Gasteiger partial charge < -0.3 is 21.1 Å². The van der Waals surface area contributed by atoms with E-state index in [1.807, 2.05) is 13.8 Å². The first-order chi connectivity index (χ1) is 19.0. The van der Waals surface area contributed by atoms with Gasteiger partial charge in [-0.15, -0.1) is 0 Å². The zero-order valence-corrected chi connectivity index (χ0v) is 24.1. The van der Waals surface area contributed by atoms with Gasteiger partial charge in [-0.1, -0.05) is 32.0 Å². The molecular formula is C29H40F2N4O4S. The number of nitrogens with one attached hydrogen (secondary N) is 2. The van der Waals surface area contributed by atoms with Gasteiger partial charge in [0.2, 0.25) is 15.9 Å². The van der Waals surface area contributed by atoms with Gasteiger partial charge in [-0.3, -0.25) is 4.79 Å². The summed E-state index contributed by atoms with van der Waals surface area (Å²) in [6.45, 7) is 4.82. The molecule has 2 aliphatic heterocycles. The van der Waals surface area contributed by atoms with Gasteiger partial charge in [-0.2, -0.15) is 4.31 Å². The molecule has 40 heavy (non-hydrogen) atoms. The Bertz CT molecular complexity index is 1280. The second-order valence-corrected chi connectivity index (χ2v) is 13.2. The summed E-state index contributed by atoms with van der Waals surface area (Å²) in [7, 11) is -1.83. The first-order valence-electron chi connectivity index (χ1n) is 13.9. The molecule has 0 radical (unpaired) electrons. The van der Waals surface area contributed by atoms with E-state index < -0.39 is 45.6 Å². The van der Waals surface area contributed by atoms with Crippen molar-refractivity contribution >= 4 is 21.6 Å². The number of methoxy groups -OCH3 is 1. The predicted molar refractivity (Wildman–Crippen MR) is 151 cm³/mol. The molecule has 2 fully saturated rings. The normalized spacial score (nSPS) is 24.6. The van der Waals surface area contributed by atoms with Gasteiger partial charge in [0.25, 0.3) is 0 Å². The van der Waals surface area contributed by atoms with Crippen molar-refractivity contribution in [3.63, 3.8) is 0 Å². The number of anilines is 1. The van der Waals surface area contributed by atoms with E-state index in [1.165, 1.54) is 24.3 Å². The molecular weight excluding hydrogens is 538 g/mol. The number of nitrogens with zero attached hydrogens (tertiary/aromatic N) is 1. The molecule has 2 aliphatic rings. The lowest BCUT2D eigenvalue weighted by Crippen LogP contribution is -2.57. The van der Waals surface area contributed by atoms with Crippen molar-refractivity contribution in [2.24, 2.45) is 11.7 Å². The van der Waals surface area contributed by atoms with Crippen LogP contribution in [0.15, 0.2) is 42.5 Å². The highest BCUT2D eigenvalue weighted by Crippen LogP contribution is 2.31. The molecule has 0 spiro atoms. The van der Waals surface area contributed by atoms with Gasteiger partial charge in [0.05, 0.1) is 17.9 Å². The molecule has 1 amide bonds. The number of hydrogen-bond donors (Lipinski definition) is 3. The van der Waals surface area contributed by atoms with Gasteiger partial charge in [0.1, 0.15) is 11.6 Å². The molecule has 2 aromatic carbocycles. The molecule has 0 aliphatic carbocycles. The summed E-state index contributed by atoms with van der Waals surface area (Å²) in [6.07, 6.45) is 1.62. The van der Waals surface area contributed by atoms with Crippen molar-refractivity contribution < 1.29 is 26.7 Å². The Kier molecular flexibility index (Phi) is 9.94. The highest BCUT2D eigenvalue weighted by Gasteiger charge is 2.38. The highest BCUT2D eigenvalue weighted by atomic mass is 32.2. The molecule has 4 rings (SSSR count). The maximum absolute atomic E-state index is 15.1. The third-order valence-corrected chi connectivity index (χ3v) is 10.1. The van der Waals surface area contributed by atoms with E-state index in [-0.39, 0.29) is 35.9 Å². The average Bonchev–Trinajstić information content (AvgIpc) is 3.03. The maximum atomic E-state index is 15.1. The van der Waals surface area contributed by atoms with Gasteiger partial charge >= 0.3 is 0 Å².